The molecular formula is C10H15N5O2. The minimum absolute atomic E-state index is 0.189. The first-order valence-corrected chi connectivity index (χ1v) is 5.23. The third kappa shape index (κ3) is 2.30. The highest BCUT2D eigenvalue weighted by molar-refractivity contribution is 5.65. The zero-order valence-electron chi connectivity index (χ0n) is 10.1. The molecule has 0 aromatic carbocycles. The molecule has 0 radical (unpaired) electrons. The highest BCUT2D eigenvalue weighted by Crippen LogP contribution is 2.13. The highest BCUT2D eigenvalue weighted by Gasteiger charge is 2.14. The van der Waals surface area contributed by atoms with Crippen LogP contribution in [0.3, 0.4) is 0 Å². The van der Waals surface area contributed by atoms with Gasteiger partial charge in [-0.1, -0.05) is 6.92 Å². The van der Waals surface area contributed by atoms with Gasteiger partial charge in [-0.3, -0.25) is 19.2 Å². The minimum Gasteiger partial charge on any atom is -0.378 e. The molecule has 7 heteroatoms. The largest absolute Gasteiger partial charge is 0.378 e. The lowest BCUT2D eigenvalue weighted by Crippen LogP contribution is -2.39. The van der Waals surface area contributed by atoms with E-state index in [0.29, 0.717) is 6.54 Å². The number of nitrogens with zero attached hydrogens (tertiary/aromatic N) is 3. The van der Waals surface area contributed by atoms with E-state index in [1.807, 2.05) is 6.92 Å². The van der Waals surface area contributed by atoms with Gasteiger partial charge >= 0.3 is 5.69 Å². The van der Waals surface area contributed by atoms with E-state index in [1.165, 1.54) is 18.7 Å². The molecule has 1 aromatic rings. The SMILES string of the molecule is CCCNc1c(NC#N)n(C)c(=O)n(C)c1=O. The first kappa shape index (κ1) is 12.8. The van der Waals surface area contributed by atoms with Crippen LogP contribution < -0.4 is 21.9 Å². The quantitative estimate of drug-likeness (QED) is 0.559. The van der Waals surface area contributed by atoms with Gasteiger partial charge in [-0.25, -0.2) is 4.79 Å². The van der Waals surface area contributed by atoms with Gasteiger partial charge in [0.05, 0.1) is 0 Å². The monoisotopic (exact) mass is 237 g/mol. The predicted molar refractivity (Wildman–Crippen MR) is 64.9 cm³/mol. The van der Waals surface area contributed by atoms with Gasteiger partial charge in [0.1, 0.15) is 5.69 Å². The smallest absolute Gasteiger partial charge is 0.332 e. The van der Waals surface area contributed by atoms with Gasteiger partial charge in [-0.15, -0.1) is 0 Å². The summed E-state index contributed by atoms with van der Waals surface area (Å²) < 4.78 is 2.23. The van der Waals surface area contributed by atoms with Crippen molar-refractivity contribution in [2.45, 2.75) is 13.3 Å². The zero-order valence-corrected chi connectivity index (χ0v) is 10.1. The van der Waals surface area contributed by atoms with Crippen LogP contribution in [-0.4, -0.2) is 15.7 Å². The van der Waals surface area contributed by atoms with Crippen molar-refractivity contribution in [1.82, 2.24) is 9.13 Å². The fourth-order valence-corrected chi connectivity index (χ4v) is 1.45. The van der Waals surface area contributed by atoms with Crippen LogP contribution in [0.5, 0.6) is 0 Å². The molecule has 0 saturated carbocycles. The lowest BCUT2D eigenvalue weighted by atomic mass is 10.4. The van der Waals surface area contributed by atoms with Gasteiger partial charge in [-0.05, 0) is 6.42 Å². The fraction of sp³-hybridized carbons (Fsp3) is 0.500. The first-order chi connectivity index (χ1) is 8.04. The number of nitrogens with one attached hydrogen (secondary N) is 2. The Morgan fingerprint density at radius 3 is 2.47 bits per heavy atom. The lowest BCUT2D eigenvalue weighted by Gasteiger charge is -2.14. The summed E-state index contributed by atoms with van der Waals surface area (Å²) in [7, 11) is 2.90. The summed E-state index contributed by atoms with van der Waals surface area (Å²) in [6, 6.07) is 0. The Bertz CT molecular complexity index is 564. The Balaban J connectivity index is 3.49. The molecule has 0 spiro atoms. The number of rotatable bonds is 4. The molecule has 1 heterocycles. The Kier molecular flexibility index (Phi) is 3.93. The zero-order chi connectivity index (χ0) is 13.0. The fourth-order valence-electron chi connectivity index (χ4n) is 1.45. The van der Waals surface area contributed by atoms with Gasteiger partial charge in [-0.2, -0.15) is 5.26 Å². The van der Waals surface area contributed by atoms with E-state index in [2.05, 4.69) is 10.6 Å². The van der Waals surface area contributed by atoms with Crippen molar-refractivity contribution in [3.8, 4) is 6.19 Å². The van der Waals surface area contributed by atoms with Crippen LogP contribution in [0.2, 0.25) is 0 Å². The number of hydrogen-bond donors (Lipinski definition) is 2. The van der Waals surface area contributed by atoms with Crippen molar-refractivity contribution >= 4 is 11.5 Å². The summed E-state index contributed by atoms with van der Waals surface area (Å²) in [5.74, 6) is 0.189. The molecular weight excluding hydrogens is 222 g/mol. The molecule has 0 fully saturated rings. The van der Waals surface area contributed by atoms with Crippen LogP contribution >= 0.6 is 0 Å². The first-order valence-electron chi connectivity index (χ1n) is 5.23. The molecule has 0 aliphatic heterocycles. The van der Waals surface area contributed by atoms with E-state index in [9.17, 15) is 9.59 Å². The molecule has 0 saturated heterocycles. The van der Waals surface area contributed by atoms with Crippen LogP contribution in [0.4, 0.5) is 11.5 Å². The number of hydrogen-bond acceptors (Lipinski definition) is 5. The second-order valence-electron chi connectivity index (χ2n) is 3.59. The Hall–Kier alpha value is -2.23. The van der Waals surface area contributed by atoms with Crippen molar-refractivity contribution in [2.24, 2.45) is 14.1 Å². The maximum absolute atomic E-state index is 11.9. The Labute approximate surface area is 98.3 Å². The van der Waals surface area contributed by atoms with Gasteiger partial charge in [0.25, 0.3) is 5.56 Å². The normalized spacial score (nSPS) is 9.76. The molecule has 17 heavy (non-hydrogen) atoms. The standard InChI is InChI=1S/C10H15N5O2/c1-4-5-12-7-8(13-6-11)14(2)10(17)15(3)9(7)16/h12-13H,4-5H2,1-3H3. The summed E-state index contributed by atoms with van der Waals surface area (Å²) in [6.45, 7) is 2.55. The van der Waals surface area contributed by atoms with Gasteiger partial charge in [0.2, 0.25) is 0 Å². The van der Waals surface area contributed by atoms with E-state index in [4.69, 9.17) is 5.26 Å². The van der Waals surface area contributed by atoms with Crippen LogP contribution in [0.15, 0.2) is 9.59 Å². The maximum Gasteiger partial charge on any atom is 0.332 e. The van der Waals surface area contributed by atoms with Crippen LogP contribution in [-0.2, 0) is 14.1 Å². The molecule has 1 rings (SSSR count). The molecule has 1 aromatic heterocycles. The maximum atomic E-state index is 11.9. The van der Waals surface area contributed by atoms with Crippen molar-refractivity contribution < 1.29 is 0 Å². The molecule has 0 atom stereocenters. The lowest BCUT2D eigenvalue weighted by molar-refractivity contribution is 0.694. The summed E-state index contributed by atoms with van der Waals surface area (Å²) >= 11 is 0. The summed E-state index contributed by atoms with van der Waals surface area (Å²) in [4.78, 5) is 23.5. The molecule has 0 bridgehead atoms. The molecule has 92 valence electrons. The molecule has 2 N–H and O–H groups in total. The second-order valence-corrected chi connectivity index (χ2v) is 3.59. The number of nitriles is 1. The van der Waals surface area contributed by atoms with Crippen LogP contribution in [0, 0.1) is 11.5 Å². The van der Waals surface area contributed by atoms with E-state index in [-0.39, 0.29) is 11.5 Å². The van der Waals surface area contributed by atoms with Gasteiger partial charge in [0, 0.05) is 20.6 Å². The topological polar surface area (TPSA) is 91.8 Å². The van der Waals surface area contributed by atoms with Crippen molar-refractivity contribution in [1.29, 1.82) is 5.26 Å². The highest BCUT2D eigenvalue weighted by atomic mass is 16.2. The van der Waals surface area contributed by atoms with E-state index in [1.54, 1.807) is 6.19 Å². The number of anilines is 2. The van der Waals surface area contributed by atoms with Crippen LogP contribution in [0.1, 0.15) is 13.3 Å². The number of aromatic nitrogens is 2. The van der Waals surface area contributed by atoms with Crippen LogP contribution in [0.25, 0.3) is 0 Å². The molecule has 0 amide bonds. The molecule has 0 unspecified atom stereocenters. The Morgan fingerprint density at radius 1 is 1.29 bits per heavy atom. The summed E-state index contributed by atoms with van der Waals surface area (Å²) in [5.41, 5.74) is -0.688. The third-order valence-corrected chi connectivity index (χ3v) is 2.39. The molecule has 0 aliphatic carbocycles. The van der Waals surface area contributed by atoms with Crippen molar-refractivity contribution in [2.75, 3.05) is 17.2 Å². The van der Waals surface area contributed by atoms with E-state index < -0.39 is 11.2 Å². The Morgan fingerprint density at radius 2 is 1.94 bits per heavy atom. The second kappa shape index (κ2) is 5.21. The van der Waals surface area contributed by atoms with Gasteiger partial charge < -0.3 is 5.32 Å². The van der Waals surface area contributed by atoms with Crippen molar-refractivity contribution in [3.05, 3.63) is 20.8 Å². The molecule has 7 nitrogen and oxygen atoms in total. The summed E-state index contributed by atoms with van der Waals surface area (Å²) in [6.07, 6.45) is 2.55. The van der Waals surface area contributed by atoms with Gasteiger partial charge in [0.15, 0.2) is 12.0 Å². The average Bonchev–Trinajstić information content (AvgIpc) is 2.33. The van der Waals surface area contributed by atoms with Crippen molar-refractivity contribution in [3.63, 3.8) is 0 Å². The molecule has 0 aliphatic rings. The van der Waals surface area contributed by atoms with E-state index in [0.717, 1.165) is 11.0 Å². The summed E-state index contributed by atoms with van der Waals surface area (Å²) in [5, 5.41) is 13.9. The average molecular weight is 237 g/mol. The minimum atomic E-state index is -0.477. The third-order valence-electron chi connectivity index (χ3n) is 2.39. The van der Waals surface area contributed by atoms with E-state index >= 15 is 0 Å². The predicted octanol–water partition coefficient (Wildman–Crippen LogP) is -0.201.